The number of nitrogens with zero attached hydrogens (tertiary/aromatic N) is 2. The van der Waals surface area contributed by atoms with Crippen molar-refractivity contribution >= 4 is 23.7 Å². The molecule has 2 heterocycles. The van der Waals surface area contributed by atoms with E-state index in [0.29, 0.717) is 24.6 Å². The summed E-state index contributed by atoms with van der Waals surface area (Å²) in [7, 11) is 0. The van der Waals surface area contributed by atoms with Crippen LogP contribution in [-0.4, -0.2) is 39.9 Å². The lowest BCUT2D eigenvalue weighted by atomic mass is 10.1. The average Bonchev–Trinajstić information content (AvgIpc) is 3.40. The van der Waals surface area contributed by atoms with Gasteiger partial charge < -0.3 is 15.3 Å². The van der Waals surface area contributed by atoms with E-state index in [-0.39, 0.29) is 11.7 Å². The first-order chi connectivity index (χ1) is 15.0. The maximum Gasteiger partial charge on any atom is 0.254 e. The Bertz CT molecular complexity index is 1020. The van der Waals surface area contributed by atoms with Gasteiger partial charge in [0.25, 0.3) is 5.91 Å². The molecule has 1 aliphatic rings. The minimum atomic E-state index is 0.0240. The van der Waals surface area contributed by atoms with Crippen molar-refractivity contribution in [1.29, 1.82) is 0 Å². The van der Waals surface area contributed by atoms with Crippen molar-refractivity contribution in [3.63, 3.8) is 0 Å². The molecule has 3 aromatic rings. The maximum absolute atomic E-state index is 12.0. The lowest BCUT2D eigenvalue weighted by molar-refractivity contribution is -0.109. The number of nitrogens with one attached hydrogen (secondary N) is 1. The normalized spacial score (nSPS) is 15.2. The molecule has 6 nitrogen and oxygen atoms in total. The van der Waals surface area contributed by atoms with E-state index in [1.54, 1.807) is 29.5 Å². The Morgan fingerprint density at radius 2 is 2.06 bits per heavy atom. The van der Waals surface area contributed by atoms with Gasteiger partial charge in [0.2, 0.25) is 6.41 Å². The average molecular weight is 438 g/mol. The van der Waals surface area contributed by atoms with E-state index in [9.17, 15) is 14.7 Å². The topological polar surface area (TPSA) is 82.5 Å². The number of phenolic OH excluding ortho intramolecular Hbond substituents is 1. The van der Waals surface area contributed by atoms with Crippen LogP contribution in [0.2, 0.25) is 0 Å². The second kappa shape index (κ2) is 10.7. The van der Waals surface area contributed by atoms with Crippen molar-refractivity contribution in [3.05, 3.63) is 70.9 Å². The van der Waals surface area contributed by atoms with Crippen molar-refractivity contribution in [1.82, 2.24) is 15.2 Å². The molecule has 1 fully saturated rings. The van der Waals surface area contributed by atoms with Gasteiger partial charge in [-0.1, -0.05) is 30.3 Å². The molecule has 2 aromatic carbocycles. The number of carbonyl (C=O) groups excluding carboxylic acids is 2. The zero-order valence-electron chi connectivity index (χ0n) is 17.7. The monoisotopic (exact) mass is 437 g/mol. The second-order valence-electron chi connectivity index (χ2n) is 7.50. The number of aryl methyl sites for hydroxylation is 1. The van der Waals surface area contributed by atoms with Gasteiger partial charge in [0, 0.05) is 24.7 Å². The van der Waals surface area contributed by atoms with Crippen LogP contribution in [0.5, 0.6) is 5.75 Å². The molecule has 4 rings (SSSR count). The molecule has 0 saturated carbocycles. The number of carbonyl (C=O) groups is 2. The van der Waals surface area contributed by atoms with E-state index in [2.05, 4.69) is 29.4 Å². The molecule has 0 radical (unpaired) electrons. The number of amides is 2. The van der Waals surface area contributed by atoms with Crippen LogP contribution in [0, 0.1) is 6.92 Å². The lowest BCUT2D eigenvalue weighted by Crippen LogP contribution is -2.33. The van der Waals surface area contributed by atoms with Crippen LogP contribution in [0.3, 0.4) is 0 Å². The van der Waals surface area contributed by atoms with Gasteiger partial charge in [-0.05, 0) is 56.0 Å². The molecule has 1 aromatic heterocycles. The van der Waals surface area contributed by atoms with Crippen molar-refractivity contribution in [2.24, 2.45) is 0 Å². The number of rotatable bonds is 5. The molecule has 7 heteroatoms. The predicted molar refractivity (Wildman–Crippen MR) is 123 cm³/mol. The van der Waals surface area contributed by atoms with Crippen LogP contribution in [0.4, 0.5) is 0 Å². The molecule has 2 N–H and O–H groups in total. The third kappa shape index (κ3) is 5.92. The highest BCUT2D eigenvalue weighted by molar-refractivity contribution is 7.13. The molecule has 1 saturated heterocycles. The van der Waals surface area contributed by atoms with Gasteiger partial charge >= 0.3 is 0 Å². The summed E-state index contributed by atoms with van der Waals surface area (Å²) in [5, 5.41) is 11.9. The third-order valence-corrected chi connectivity index (χ3v) is 6.24. The first kappa shape index (κ1) is 22.5. The Morgan fingerprint density at radius 1 is 1.29 bits per heavy atom. The summed E-state index contributed by atoms with van der Waals surface area (Å²) >= 11 is 1.64. The minimum Gasteiger partial charge on any atom is -0.508 e. The summed E-state index contributed by atoms with van der Waals surface area (Å²) in [6.45, 7) is 5.47. The fourth-order valence-electron chi connectivity index (χ4n) is 3.55. The van der Waals surface area contributed by atoms with Crippen molar-refractivity contribution < 1.29 is 14.7 Å². The summed E-state index contributed by atoms with van der Waals surface area (Å²) in [5.41, 5.74) is 5.76. The molecule has 0 bridgehead atoms. The molecule has 0 spiro atoms. The first-order valence-corrected chi connectivity index (χ1v) is 11.1. The number of aromatic hydroxyl groups is 1. The highest BCUT2D eigenvalue weighted by atomic mass is 32.1. The molecule has 1 unspecified atom stereocenters. The Labute approximate surface area is 186 Å². The summed E-state index contributed by atoms with van der Waals surface area (Å²) < 4.78 is 0. The fraction of sp³-hybridized carbons (Fsp3) is 0.292. The van der Waals surface area contributed by atoms with Crippen LogP contribution in [0.25, 0.3) is 10.4 Å². The van der Waals surface area contributed by atoms with Gasteiger partial charge in [0.1, 0.15) is 5.75 Å². The number of aromatic nitrogens is 1. The largest absolute Gasteiger partial charge is 0.508 e. The smallest absolute Gasteiger partial charge is 0.254 e. The molecule has 1 atom stereocenters. The van der Waals surface area contributed by atoms with Crippen molar-refractivity contribution in [2.45, 2.75) is 39.3 Å². The second-order valence-corrected chi connectivity index (χ2v) is 8.36. The van der Waals surface area contributed by atoms with Gasteiger partial charge in [-0.3, -0.25) is 9.59 Å². The minimum absolute atomic E-state index is 0.0240. The quantitative estimate of drug-likeness (QED) is 0.580. The Kier molecular flexibility index (Phi) is 7.78. The highest BCUT2D eigenvalue weighted by Crippen LogP contribution is 2.27. The van der Waals surface area contributed by atoms with E-state index < -0.39 is 0 Å². The van der Waals surface area contributed by atoms with Crippen LogP contribution < -0.4 is 5.32 Å². The van der Waals surface area contributed by atoms with E-state index in [1.807, 2.05) is 29.5 Å². The number of hydrogen-bond donors (Lipinski definition) is 2. The van der Waals surface area contributed by atoms with Gasteiger partial charge in [0.05, 0.1) is 16.1 Å². The molecular weight excluding hydrogens is 410 g/mol. The van der Waals surface area contributed by atoms with Gasteiger partial charge in [-0.2, -0.15) is 0 Å². The van der Waals surface area contributed by atoms with Gasteiger partial charge in [0.15, 0.2) is 0 Å². The summed E-state index contributed by atoms with van der Waals surface area (Å²) in [6.07, 6.45) is 2.86. The van der Waals surface area contributed by atoms with E-state index in [4.69, 9.17) is 0 Å². The van der Waals surface area contributed by atoms with Crippen LogP contribution in [-0.2, 0) is 11.3 Å². The van der Waals surface area contributed by atoms with Gasteiger partial charge in [-0.15, -0.1) is 11.3 Å². The zero-order chi connectivity index (χ0) is 22.2. The van der Waals surface area contributed by atoms with E-state index in [0.717, 1.165) is 30.6 Å². The van der Waals surface area contributed by atoms with Crippen LogP contribution >= 0.6 is 11.3 Å². The molecule has 0 aliphatic carbocycles. The molecule has 2 amide bonds. The number of hydrogen-bond acceptors (Lipinski definition) is 5. The van der Waals surface area contributed by atoms with Crippen LogP contribution in [0.1, 0.15) is 41.4 Å². The summed E-state index contributed by atoms with van der Waals surface area (Å²) in [4.78, 5) is 29.5. The van der Waals surface area contributed by atoms with Crippen molar-refractivity contribution in [3.8, 4) is 16.2 Å². The molecule has 31 heavy (non-hydrogen) atoms. The Hall–Kier alpha value is -3.19. The molecule has 1 aliphatic heterocycles. The van der Waals surface area contributed by atoms with Crippen LogP contribution in [0.15, 0.2) is 54.0 Å². The predicted octanol–water partition coefficient (Wildman–Crippen LogP) is 4.38. The molecule has 162 valence electrons. The maximum atomic E-state index is 12.0. The molecular formula is C24H27N3O3S. The van der Waals surface area contributed by atoms with Gasteiger partial charge in [-0.25, -0.2) is 4.98 Å². The van der Waals surface area contributed by atoms with E-state index in [1.165, 1.54) is 16.5 Å². The lowest BCUT2D eigenvalue weighted by Gasteiger charge is -2.21. The van der Waals surface area contributed by atoms with E-state index >= 15 is 0 Å². The third-order valence-electron chi connectivity index (χ3n) is 5.26. The summed E-state index contributed by atoms with van der Waals surface area (Å²) in [6, 6.07) is 15.0. The Morgan fingerprint density at radius 3 is 2.65 bits per heavy atom. The number of thiazole rings is 1. The zero-order valence-corrected chi connectivity index (χ0v) is 18.6. The fourth-order valence-corrected chi connectivity index (χ4v) is 4.36. The highest BCUT2D eigenvalue weighted by Gasteiger charge is 2.25. The number of likely N-dealkylation sites (tertiary alicyclic amines) is 1. The SMILES string of the molecule is CC1CCCN1C(=O)c1cccc(O)c1.Cc1ncsc1-c1ccc(CNC=O)cc1. The first-order valence-electron chi connectivity index (χ1n) is 10.3. The number of benzene rings is 2. The number of phenols is 1. The van der Waals surface area contributed by atoms with Crippen molar-refractivity contribution in [2.75, 3.05) is 6.54 Å². The summed E-state index contributed by atoms with van der Waals surface area (Å²) in [5.74, 6) is 0.170. The Balaban J connectivity index is 0.000000176. The standard InChI is InChI=1S/C12H12N2OS.C12H15NO2/c1-9-12(16-8-14-9)11-4-2-10(3-5-11)6-13-7-15;1-9-4-3-7-13(9)12(15)10-5-2-6-11(14)8-10/h2-5,7-8H,6H2,1H3,(H,13,15);2,5-6,8-9,14H,3-4,7H2,1H3.